The van der Waals surface area contributed by atoms with Gasteiger partial charge in [0.15, 0.2) is 0 Å². The third kappa shape index (κ3) is 3.14. The van der Waals surface area contributed by atoms with E-state index in [1.54, 1.807) is 35.9 Å². The van der Waals surface area contributed by atoms with E-state index in [2.05, 4.69) is 27.4 Å². The largest absolute Gasteiger partial charge is 0.322 e. The zero-order chi connectivity index (χ0) is 17.2. The summed E-state index contributed by atoms with van der Waals surface area (Å²) in [5.41, 5.74) is 4.39. The van der Waals surface area contributed by atoms with E-state index in [1.165, 1.54) is 4.70 Å². The number of hydrogen-bond donors (Lipinski definition) is 1. The van der Waals surface area contributed by atoms with Crippen LogP contribution in [0.4, 0.5) is 5.69 Å². The summed E-state index contributed by atoms with van der Waals surface area (Å²) in [5, 5.41) is 3.92. The third-order valence-electron chi connectivity index (χ3n) is 3.94. The lowest BCUT2D eigenvalue weighted by atomic mass is 10.1. The quantitative estimate of drug-likeness (QED) is 0.573. The molecule has 2 aromatic heterocycles. The molecule has 0 atom stereocenters. The Kier molecular flexibility index (Phi) is 3.99. The van der Waals surface area contributed by atoms with Crippen molar-refractivity contribution in [2.24, 2.45) is 0 Å². The number of thiazole rings is 1. The zero-order valence-electron chi connectivity index (χ0n) is 13.6. The van der Waals surface area contributed by atoms with Gasteiger partial charge in [0.05, 0.1) is 15.8 Å². The number of fused-ring (bicyclic) bond motifs is 1. The molecule has 0 aliphatic carbocycles. The number of amides is 1. The second kappa shape index (κ2) is 6.45. The first-order valence-electron chi connectivity index (χ1n) is 7.89. The number of carbonyl (C=O) groups excluding carboxylic acids is 1. The predicted octanol–water partition coefficient (Wildman–Crippen LogP) is 4.92. The molecule has 4 rings (SSSR count). The molecular formula is C20H15N3OS. The van der Waals surface area contributed by atoms with Crippen molar-refractivity contribution >= 4 is 33.1 Å². The molecule has 4 nitrogen and oxygen atoms in total. The summed E-state index contributed by atoms with van der Waals surface area (Å²) in [6, 6.07) is 17.6. The van der Waals surface area contributed by atoms with Crippen molar-refractivity contribution in [2.75, 3.05) is 5.32 Å². The van der Waals surface area contributed by atoms with Crippen LogP contribution in [-0.4, -0.2) is 15.9 Å². The van der Waals surface area contributed by atoms with Gasteiger partial charge in [-0.3, -0.25) is 9.78 Å². The van der Waals surface area contributed by atoms with Crippen LogP contribution in [-0.2, 0) is 0 Å². The second-order valence-electron chi connectivity index (χ2n) is 5.71. The molecule has 0 saturated heterocycles. The van der Waals surface area contributed by atoms with Crippen LogP contribution in [0.15, 0.2) is 67.0 Å². The number of anilines is 1. The first-order chi connectivity index (χ1) is 12.2. The Hall–Kier alpha value is -3.05. The highest BCUT2D eigenvalue weighted by molar-refractivity contribution is 7.21. The lowest BCUT2D eigenvalue weighted by Crippen LogP contribution is -2.12. The van der Waals surface area contributed by atoms with E-state index in [4.69, 9.17) is 0 Å². The Balaban J connectivity index is 1.61. The topological polar surface area (TPSA) is 54.9 Å². The molecule has 25 heavy (non-hydrogen) atoms. The average molecular weight is 345 g/mol. The monoisotopic (exact) mass is 345 g/mol. The number of benzene rings is 2. The van der Waals surface area contributed by atoms with Gasteiger partial charge in [-0.25, -0.2) is 4.98 Å². The molecule has 4 aromatic rings. The highest BCUT2D eigenvalue weighted by Crippen LogP contribution is 2.32. The van der Waals surface area contributed by atoms with E-state index in [0.29, 0.717) is 5.56 Å². The van der Waals surface area contributed by atoms with Gasteiger partial charge in [0, 0.05) is 23.6 Å². The van der Waals surface area contributed by atoms with Crippen LogP contribution in [0, 0.1) is 6.92 Å². The normalized spacial score (nSPS) is 10.8. The minimum atomic E-state index is -0.163. The summed E-state index contributed by atoms with van der Waals surface area (Å²) in [5.74, 6) is -0.163. The molecule has 0 spiro atoms. The van der Waals surface area contributed by atoms with Crippen molar-refractivity contribution < 1.29 is 4.79 Å². The van der Waals surface area contributed by atoms with Gasteiger partial charge in [0.25, 0.3) is 5.91 Å². The van der Waals surface area contributed by atoms with Crippen LogP contribution < -0.4 is 5.32 Å². The molecule has 0 unspecified atom stereocenters. The molecule has 0 aliphatic heterocycles. The van der Waals surface area contributed by atoms with E-state index in [9.17, 15) is 4.79 Å². The highest BCUT2D eigenvalue weighted by Gasteiger charge is 2.10. The Bertz CT molecular complexity index is 1020. The lowest BCUT2D eigenvalue weighted by molar-refractivity contribution is 0.102. The zero-order valence-corrected chi connectivity index (χ0v) is 14.4. The van der Waals surface area contributed by atoms with E-state index in [-0.39, 0.29) is 5.91 Å². The van der Waals surface area contributed by atoms with Crippen LogP contribution in [0.2, 0.25) is 0 Å². The summed E-state index contributed by atoms with van der Waals surface area (Å²) in [6.45, 7) is 1.98. The number of hydrogen-bond acceptors (Lipinski definition) is 4. The number of rotatable bonds is 3. The van der Waals surface area contributed by atoms with E-state index in [0.717, 1.165) is 27.3 Å². The standard InChI is InChI=1S/C20H15N3OS/c1-13-11-14(20-23-17-6-2-3-7-18(17)25-20)8-9-16(13)22-19(24)15-5-4-10-21-12-15/h2-12H,1H3,(H,22,24). The van der Waals surface area contributed by atoms with Gasteiger partial charge in [-0.1, -0.05) is 12.1 Å². The Morgan fingerprint density at radius 2 is 1.96 bits per heavy atom. The van der Waals surface area contributed by atoms with Crippen molar-refractivity contribution in [1.82, 2.24) is 9.97 Å². The average Bonchev–Trinajstić information content (AvgIpc) is 3.08. The molecule has 2 aromatic carbocycles. The van der Waals surface area contributed by atoms with E-state index in [1.807, 2.05) is 37.3 Å². The maximum absolute atomic E-state index is 12.3. The fourth-order valence-electron chi connectivity index (χ4n) is 2.62. The summed E-state index contributed by atoms with van der Waals surface area (Å²) in [6.07, 6.45) is 3.20. The summed E-state index contributed by atoms with van der Waals surface area (Å²) in [4.78, 5) is 20.9. The van der Waals surface area contributed by atoms with Gasteiger partial charge in [-0.05, 0) is 55.0 Å². The fraction of sp³-hybridized carbons (Fsp3) is 0.0500. The van der Waals surface area contributed by atoms with Crippen molar-refractivity contribution in [3.8, 4) is 10.6 Å². The number of aryl methyl sites for hydroxylation is 1. The van der Waals surface area contributed by atoms with Gasteiger partial charge in [0.2, 0.25) is 0 Å². The molecule has 122 valence electrons. The predicted molar refractivity (Wildman–Crippen MR) is 102 cm³/mol. The molecule has 0 saturated carbocycles. The highest BCUT2D eigenvalue weighted by atomic mass is 32.1. The molecule has 5 heteroatoms. The minimum absolute atomic E-state index is 0.163. The molecule has 1 amide bonds. The first kappa shape index (κ1) is 15.5. The van der Waals surface area contributed by atoms with Gasteiger partial charge in [-0.15, -0.1) is 11.3 Å². The number of nitrogens with one attached hydrogen (secondary N) is 1. The van der Waals surface area contributed by atoms with Crippen LogP contribution >= 0.6 is 11.3 Å². The molecule has 0 bridgehead atoms. The fourth-order valence-corrected chi connectivity index (χ4v) is 3.59. The molecular weight excluding hydrogens is 330 g/mol. The number of para-hydroxylation sites is 1. The van der Waals surface area contributed by atoms with Crippen LogP contribution in [0.5, 0.6) is 0 Å². The lowest BCUT2D eigenvalue weighted by Gasteiger charge is -2.09. The van der Waals surface area contributed by atoms with Gasteiger partial charge in [-0.2, -0.15) is 0 Å². The minimum Gasteiger partial charge on any atom is -0.322 e. The summed E-state index contributed by atoms with van der Waals surface area (Å²) < 4.78 is 1.17. The number of aromatic nitrogens is 2. The van der Waals surface area contributed by atoms with Gasteiger partial charge >= 0.3 is 0 Å². The Morgan fingerprint density at radius 3 is 2.72 bits per heavy atom. The SMILES string of the molecule is Cc1cc(-c2nc3ccccc3s2)ccc1NC(=O)c1cccnc1. The van der Waals surface area contributed by atoms with Crippen molar-refractivity contribution in [3.05, 3.63) is 78.1 Å². The summed E-state index contributed by atoms with van der Waals surface area (Å²) in [7, 11) is 0. The van der Waals surface area contributed by atoms with Gasteiger partial charge < -0.3 is 5.32 Å². The molecule has 0 fully saturated rings. The molecule has 0 radical (unpaired) electrons. The third-order valence-corrected chi connectivity index (χ3v) is 5.02. The molecule has 0 aliphatic rings. The summed E-state index contributed by atoms with van der Waals surface area (Å²) >= 11 is 1.67. The Labute approximate surface area is 149 Å². The number of carbonyl (C=O) groups is 1. The number of pyridine rings is 1. The smallest absolute Gasteiger partial charge is 0.257 e. The number of nitrogens with zero attached hydrogens (tertiary/aromatic N) is 2. The molecule has 2 heterocycles. The van der Waals surface area contributed by atoms with Gasteiger partial charge in [0.1, 0.15) is 5.01 Å². The van der Waals surface area contributed by atoms with Crippen molar-refractivity contribution in [1.29, 1.82) is 0 Å². The van der Waals surface area contributed by atoms with Crippen LogP contribution in [0.1, 0.15) is 15.9 Å². The molecule has 1 N–H and O–H groups in total. The van der Waals surface area contributed by atoms with Crippen molar-refractivity contribution in [2.45, 2.75) is 6.92 Å². The van der Waals surface area contributed by atoms with E-state index < -0.39 is 0 Å². The van der Waals surface area contributed by atoms with E-state index >= 15 is 0 Å². The Morgan fingerprint density at radius 1 is 1.08 bits per heavy atom. The first-order valence-corrected chi connectivity index (χ1v) is 8.70. The maximum atomic E-state index is 12.3. The second-order valence-corrected chi connectivity index (χ2v) is 6.74. The maximum Gasteiger partial charge on any atom is 0.257 e. The van der Waals surface area contributed by atoms with Crippen LogP contribution in [0.3, 0.4) is 0 Å². The van der Waals surface area contributed by atoms with Crippen molar-refractivity contribution in [3.63, 3.8) is 0 Å². The van der Waals surface area contributed by atoms with Crippen LogP contribution in [0.25, 0.3) is 20.8 Å².